The molecule has 0 aliphatic heterocycles. The van der Waals surface area contributed by atoms with Crippen molar-refractivity contribution in [3.8, 4) is 0 Å². The Kier molecular flexibility index (Phi) is 4.79. The number of thiocarbonyl (C=S) groups is 1. The van der Waals surface area contributed by atoms with Crippen molar-refractivity contribution < 1.29 is 0 Å². The molecule has 20 heavy (non-hydrogen) atoms. The van der Waals surface area contributed by atoms with Gasteiger partial charge in [0.1, 0.15) is 0 Å². The van der Waals surface area contributed by atoms with Gasteiger partial charge in [0.2, 0.25) is 0 Å². The van der Waals surface area contributed by atoms with E-state index in [2.05, 4.69) is 31.3 Å². The van der Waals surface area contributed by atoms with Gasteiger partial charge in [0, 0.05) is 11.1 Å². The predicted molar refractivity (Wildman–Crippen MR) is 91.8 cm³/mol. The topological polar surface area (TPSA) is 12.0 Å². The van der Waals surface area contributed by atoms with E-state index in [0.717, 1.165) is 5.69 Å². The van der Waals surface area contributed by atoms with E-state index in [1.54, 1.807) is 0 Å². The summed E-state index contributed by atoms with van der Waals surface area (Å²) < 4.78 is 0. The lowest BCUT2D eigenvalue weighted by Gasteiger charge is -2.31. The normalized spacial score (nSPS) is 12.8. The highest BCUT2D eigenvalue weighted by Gasteiger charge is 2.32. The van der Waals surface area contributed by atoms with Crippen molar-refractivity contribution in [1.82, 2.24) is 0 Å². The Morgan fingerprint density at radius 1 is 1.00 bits per heavy atom. The quantitative estimate of drug-likeness (QED) is 0.629. The Bertz CT molecular complexity index is 566. The zero-order valence-electron chi connectivity index (χ0n) is 11.6. The van der Waals surface area contributed by atoms with Crippen LogP contribution in [0.3, 0.4) is 0 Å². The molecule has 0 aliphatic rings. The lowest BCUT2D eigenvalue weighted by molar-refractivity contribution is 0.558. The van der Waals surface area contributed by atoms with Gasteiger partial charge in [-0.2, -0.15) is 0 Å². The molecule has 1 N–H and O–H groups in total. The molecular weight excluding hydrogens is 286 g/mol. The second kappa shape index (κ2) is 6.38. The molecule has 0 saturated carbocycles. The smallest absolute Gasteiger partial charge is 0.0987 e. The number of para-hydroxylation sites is 1. The maximum Gasteiger partial charge on any atom is 0.0987 e. The molecule has 2 aromatic rings. The predicted octanol–water partition coefficient (Wildman–Crippen LogP) is 5.01. The third kappa shape index (κ3) is 3.38. The second-order valence-electron chi connectivity index (χ2n) is 5.31. The van der Waals surface area contributed by atoms with Crippen molar-refractivity contribution in [2.75, 3.05) is 5.32 Å². The minimum Gasteiger partial charge on any atom is -0.349 e. The van der Waals surface area contributed by atoms with E-state index in [-0.39, 0.29) is 10.8 Å². The average molecular weight is 304 g/mol. The third-order valence-corrected chi connectivity index (χ3v) is 4.65. The van der Waals surface area contributed by atoms with Crippen molar-refractivity contribution in [2.45, 2.75) is 24.6 Å². The third-order valence-electron chi connectivity index (χ3n) is 3.42. The summed E-state index contributed by atoms with van der Waals surface area (Å²) in [6.45, 7) is 4.22. The number of rotatable bonds is 4. The van der Waals surface area contributed by atoms with E-state index >= 15 is 0 Å². The van der Waals surface area contributed by atoms with Gasteiger partial charge in [-0.15, -0.1) is 11.6 Å². The number of benzene rings is 2. The summed E-state index contributed by atoms with van der Waals surface area (Å²) in [7, 11) is 0. The first-order valence-electron chi connectivity index (χ1n) is 6.57. The number of nitrogens with one attached hydrogen (secondary N) is 1. The first-order chi connectivity index (χ1) is 9.51. The molecule has 2 rings (SSSR count). The molecule has 3 heteroatoms. The highest BCUT2D eigenvalue weighted by Crippen LogP contribution is 2.31. The molecule has 0 saturated heterocycles. The molecule has 0 heterocycles. The van der Waals surface area contributed by atoms with Crippen molar-refractivity contribution in [1.29, 1.82) is 0 Å². The Labute approximate surface area is 131 Å². The van der Waals surface area contributed by atoms with Crippen LogP contribution in [0.2, 0.25) is 0 Å². The highest BCUT2D eigenvalue weighted by molar-refractivity contribution is 7.80. The second-order valence-corrected chi connectivity index (χ2v) is 6.18. The zero-order chi connectivity index (χ0) is 14.6. The van der Waals surface area contributed by atoms with Crippen LogP contribution in [-0.4, -0.2) is 10.4 Å². The molecule has 2 aromatic carbocycles. The van der Waals surface area contributed by atoms with Crippen LogP contribution in [-0.2, 0) is 5.41 Å². The van der Waals surface area contributed by atoms with E-state index < -0.39 is 0 Å². The van der Waals surface area contributed by atoms with Gasteiger partial charge >= 0.3 is 0 Å². The van der Waals surface area contributed by atoms with Crippen molar-refractivity contribution >= 4 is 34.5 Å². The molecule has 1 nitrogen and oxygen atoms in total. The van der Waals surface area contributed by atoms with E-state index in [1.165, 1.54) is 5.56 Å². The molecule has 0 bridgehead atoms. The number of halogens is 1. The van der Waals surface area contributed by atoms with Gasteiger partial charge < -0.3 is 5.32 Å². The summed E-state index contributed by atoms with van der Waals surface area (Å²) in [4.78, 5) is 0.645. The SMILES string of the molecule is CC(C)(c1ccccc1)C(Cl)C(=S)Nc1ccccc1. The van der Waals surface area contributed by atoms with Crippen molar-refractivity contribution in [3.63, 3.8) is 0 Å². The molecule has 1 unspecified atom stereocenters. The number of hydrogen-bond donors (Lipinski definition) is 1. The van der Waals surface area contributed by atoms with Crippen LogP contribution in [0.15, 0.2) is 60.7 Å². The highest BCUT2D eigenvalue weighted by atomic mass is 35.5. The van der Waals surface area contributed by atoms with Crippen LogP contribution >= 0.6 is 23.8 Å². The molecule has 0 radical (unpaired) electrons. The molecule has 0 amide bonds. The summed E-state index contributed by atoms with van der Waals surface area (Å²) in [6, 6.07) is 20.1. The van der Waals surface area contributed by atoms with Crippen LogP contribution in [0, 0.1) is 0 Å². The van der Waals surface area contributed by atoms with Crippen molar-refractivity contribution in [3.05, 3.63) is 66.2 Å². The first-order valence-corrected chi connectivity index (χ1v) is 7.42. The van der Waals surface area contributed by atoms with Crippen LogP contribution in [0.25, 0.3) is 0 Å². The maximum absolute atomic E-state index is 6.60. The van der Waals surface area contributed by atoms with Gasteiger partial charge in [0.25, 0.3) is 0 Å². The van der Waals surface area contributed by atoms with Gasteiger partial charge in [0.05, 0.1) is 10.4 Å². The van der Waals surface area contributed by atoms with Gasteiger partial charge in [-0.05, 0) is 17.7 Å². The Morgan fingerprint density at radius 2 is 1.50 bits per heavy atom. The Morgan fingerprint density at radius 3 is 2.05 bits per heavy atom. The number of anilines is 1. The first kappa shape index (κ1) is 15.0. The zero-order valence-corrected chi connectivity index (χ0v) is 13.2. The van der Waals surface area contributed by atoms with Gasteiger partial charge in [-0.3, -0.25) is 0 Å². The summed E-state index contributed by atoms with van der Waals surface area (Å²) in [5.41, 5.74) is 1.91. The van der Waals surface area contributed by atoms with Gasteiger partial charge in [-0.25, -0.2) is 0 Å². The summed E-state index contributed by atoms with van der Waals surface area (Å²) in [6.07, 6.45) is 0. The van der Waals surface area contributed by atoms with Crippen LogP contribution in [0.5, 0.6) is 0 Å². The molecule has 0 aromatic heterocycles. The lowest BCUT2D eigenvalue weighted by Crippen LogP contribution is -2.38. The van der Waals surface area contributed by atoms with Crippen LogP contribution < -0.4 is 5.32 Å². The number of hydrogen-bond acceptors (Lipinski definition) is 1. The summed E-state index contributed by atoms with van der Waals surface area (Å²) >= 11 is 12.1. The largest absolute Gasteiger partial charge is 0.349 e. The minimum absolute atomic E-state index is 0.234. The molecule has 0 aliphatic carbocycles. The van der Waals surface area contributed by atoms with E-state index in [1.807, 2.05) is 48.5 Å². The monoisotopic (exact) mass is 303 g/mol. The standard InChI is InChI=1S/C17H18ClNS/c1-17(2,13-9-5-3-6-10-13)15(18)16(20)19-14-11-7-4-8-12-14/h3-12,15H,1-2H3,(H,19,20). The number of alkyl halides is 1. The maximum atomic E-state index is 6.60. The van der Waals surface area contributed by atoms with E-state index in [9.17, 15) is 0 Å². The Hall–Kier alpha value is -1.38. The Balaban J connectivity index is 2.14. The van der Waals surface area contributed by atoms with Crippen molar-refractivity contribution in [2.24, 2.45) is 0 Å². The molecule has 0 fully saturated rings. The molecule has 104 valence electrons. The van der Waals surface area contributed by atoms with E-state index in [0.29, 0.717) is 4.99 Å². The minimum atomic E-state index is -0.278. The van der Waals surface area contributed by atoms with Gasteiger partial charge in [-0.1, -0.05) is 74.6 Å². The molecule has 1 atom stereocenters. The average Bonchev–Trinajstić information content (AvgIpc) is 2.48. The summed E-state index contributed by atoms with van der Waals surface area (Å²) in [5.74, 6) is 0. The fourth-order valence-electron chi connectivity index (χ4n) is 2.07. The summed E-state index contributed by atoms with van der Waals surface area (Å²) in [5, 5.41) is 2.94. The molecule has 0 spiro atoms. The van der Waals surface area contributed by atoms with Crippen LogP contribution in [0.1, 0.15) is 19.4 Å². The van der Waals surface area contributed by atoms with E-state index in [4.69, 9.17) is 23.8 Å². The fraction of sp³-hybridized carbons (Fsp3) is 0.235. The fourth-order valence-corrected chi connectivity index (χ4v) is 2.66. The molecular formula is C17H18ClNS. The lowest BCUT2D eigenvalue weighted by atomic mass is 9.81. The van der Waals surface area contributed by atoms with Gasteiger partial charge in [0.15, 0.2) is 0 Å². The van der Waals surface area contributed by atoms with Crippen LogP contribution in [0.4, 0.5) is 5.69 Å².